The topological polar surface area (TPSA) is 84.2 Å². The number of phenols is 1. The predicted molar refractivity (Wildman–Crippen MR) is 113 cm³/mol. The number of hydrogen-bond acceptors (Lipinski definition) is 6. The van der Waals surface area contributed by atoms with Crippen LogP contribution in [0.3, 0.4) is 0 Å². The van der Waals surface area contributed by atoms with Gasteiger partial charge in [-0.1, -0.05) is 12.1 Å². The number of fused-ring (bicyclic) bond motifs is 1. The summed E-state index contributed by atoms with van der Waals surface area (Å²) in [6.07, 6.45) is 2.54. The number of hydrogen-bond donors (Lipinski definition) is 3. The van der Waals surface area contributed by atoms with Gasteiger partial charge in [0, 0.05) is 18.4 Å². The van der Waals surface area contributed by atoms with Gasteiger partial charge in [0.25, 0.3) is 0 Å². The summed E-state index contributed by atoms with van der Waals surface area (Å²) in [7, 11) is 0. The van der Waals surface area contributed by atoms with E-state index in [4.69, 9.17) is 4.74 Å². The van der Waals surface area contributed by atoms with Gasteiger partial charge in [0.05, 0.1) is 30.0 Å². The number of ether oxygens (including phenoxy) is 1. The van der Waals surface area contributed by atoms with Gasteiger partial charge in [-0.3, -0.25) is 0 Å². The second-order valence-corrected chi connectivity index (χ2v) is 7.16. The maximum atomic E-state index is 14.2. The average molecular weight is 405 g/mol. The fourth-order valence-corrected chi connectivity index (χ4v) is 3.63. The van der Waals surface area contributed by atoms with Gasteiger partial charge in [0.15, 0.2) is 0 Å². The Balaban J connectivity index is 1.55. The number of imidazole rings is 1. The lowest BCUT2D eigenvalue weighted by Gasteiger charge is -2.16. The Kier molecular flexibility index (Phi) is 4.68. The third-order valence-electron chi connectivity index (χ3n) is 5.11. The molecule has 30 heavy (non-hydrogen) atoms. The van der Waals surface area contributed by atoms with Crippen LogP contribution in [0.2, 0.25) is 0 Å². The first-order valence-corrected chi connectivity index (χ1v) is 9.71. The number of aromatic nitrogens is 3. The maximum absolute atomic E-state index is 14.2. The van der Waals surface area contributed by atoms with Gasteiger partial charge in [0.2, 0.25) is 5.95 Å². The van der Waals surface area contributed by atoms with Crippen molar-refractivity contribution in [3.8, 4) is 5.75 Å². The molecule has 0 spiro atoms. The lowest BCUT2D eigenvalue weighted by molar-refractivity contribution is 0.187. The number of nitrogens with one attached hydrogen (secondary N) is 2. The maximum Gasteiger partial charge on any atom is 0.208 e. The van der Waals surface area contributed by atoms with E-state index in [0.29, 0.717) is 36.2 Å². The number of aromatic hydroxyl groups is 1. The Hall–Kier alpha value is -3.65. The van der Waals surface area contributed by atoms with Crippen molar-refractivity contribution in [1.29, 1.82) is 0 Å². The van der Waals surface area contributed by atoms with Crippen LogP contribution in [0.4, 0.5) is 27.5 Å². The van der Waals surface area contributed by atoms with Crippen LogP contribution in [0.5, 0.6) is 5.75 Å². The van der Waals surface area contributed by atoms with E-state index in [2.05, 4.69) is 25.2 Å². The van der Waals surface area contributed by atoms with Crippen molar-refractivity contribution in [1.82, 2.24) is 14.5 Å². The zero-order chi connectivity index (χ0) is 20.5. The molecule has 1 saturated heterocycles. The minimum atomic E-state index is -0.341. The fraction of sp³-hybridized carbons (Fsp3) is 0.182. The van der Waals surface area contributed by atoms with Gasteiger partial charge in [-0.25, -0.2) is 14.4 Å². The summed E-state index contributed by atoms with van der Waals surface area (Å²) in [6.45, 7) is 1.24. The zero-order valence-electron chi connectivity index (χ0n) is 16.0. The van der Waals surface area contributed by atoms with E-state index in [1.54, 1.807) is 48.7 Å². The highest BCUT2D eigenvalue weighted by Crippen LogP contribution is 2.32. The summed E-state index contributed by atoms with van der Waals surface area (Å²) >= 11 is 0. The molecule has 0 aliphatic carbocycles. The predicted octanol–water partition coefficient (Wildman–Crippen LogP) is 4.72. The van der Waals surface area contributed by atoms with Gasteiger partial charge in [-0.05, 0) is 42.8 Å². The Morgan fingerprint density at radius 2 is 1.93 bits per heavy atom. The summed E-state index contributed by atoms with van der Waals surface area (Å²) in [5.41, 5.74) is 2.75. The van der Waals surface area contributed by atoms with Crippen LogP contribution in [0.15, 0.2) is 60.8 Å². The smallest absolute Gasteiger partial charge is 0.208 e. The largest absolute Gasteiger partial charge is 0.508 e. The minimum Gasteiger partial charge on any atom is -0.508 e. The number of pyridine rings is 1. The molecule has 7 nitrogen and oxygen atoms in total. The lowest BCUT2D eigenvalue weighted by Crippen LogP contribution is -2.12. The van der Waals surface area contributed by atoms with Crippen LogP contribution >= 0.6 is 0 Å². The van der Waals surface area contributed by atoms with Crippen molar-refractivity contribution in [2.45, 2.75) is 12.5 Å². The van der Waals surface area contributed by atoms with E-state index >= 15 is 0 Å². The molecule has 0 unspecified atom stereocenters. The molecule has 0 radical (unpaired) electrons. The van der Waals surface area contributed by atoms with E-state index < -0.39 is 0 Å². The Morgan fingerprint density at radius 1 is 1.10 bits per heavy atom. The molecule has 2 aromatic heterocycles. The van der Waals surface area contributed by atoms with Gasteiger partial charge in [-0.15, -0.1) is 0 Å². The fourth-order valence-electron chi connectivity index (χ4n) is 3.63. The molecule has 2 aromatic carbocycles. The first-order chi connectivity index (χ1) is 14.7. The third-order valence-corrected chi connectivity index (χ3v) is 5.11. The molecular formula is C22H20FN5O2. The van der Waals surface area contributed by atoms with Gasteiger partial charge in [0.1, 0.15) is 22.9 Å². The number of para-hydroxylation sites is 1. The van der Waals surface area contributed by atoms with E-state index in [1.807, 2.05) is 6.07 Å². The SMILES string of the molecule is Oc1ccc(Nc2cc3c(cn2)nc(Nc2ccccc2F)n3[C@H]2CCOC2)cc1. The second-order valence-electron chi connectivity index (χ2n) is 7.16. The van der Waals surface area contributed by atoms with Crippen LogP contribution in [0.1, 0.15) is 12.5 Å². The summed E-state index contributed by atoms with van der Waals surface area (Å²) in [5, 5.41) is 15.8. The molecule has 0 amide bonds. The Morgan fingerprint density at radius 3 is 2.70 bits per heavy atom. The van der Waals surface area contributed by atoms with Crippen molar-refractivity contribution in [2.75, 3.05) is 23.8 Å². The molecule has 0 bridgehead atoms. The second kappa shape index (κ2) is 7.64. The first-order valence-electron chi connectivity index (χ1n) is 9.71. The summed E-state index contributed by atoms with van der Waals surface area (Å²) < 4.78 is 21.9. The van der Waals surface area contributed by atoms with Gasteiger partial charge in [-0.2, -0.15) is 0 Å². The van der Waals surface area contributed by atoms with Crippen LogP contribution in [-0.4, -0.2) is 32.9 Å². The van der Waals surface area contributed by atoms with Crippen LogP contribution in [0.25, 0.3) is 11.0 Å². The molecule has 152 valence electrons. The van der Waals surface area contributed by atoms with Crippen molar-refractivity contribution in [3.63, 3.8) is 0 Å². The van der Waals surface area contributed by atoms with Gasteiger partial charge >= 0.3 is 0 Å². The Bertz CT molecular complexity index is 1190. The lowest BCUT2D eigenvalue weighted by atomic mass is 10.2. The number of halogens is 1. The van der Waals surface area contributed by atoms with Crippen LogP contribution < -0.4 is 10.6 Å². The molecular weight excluding hydrogens is 385 g/mol. The van der Waals surface area contributed by atoms with Crippen LogP contribution in [0, 0.1) is 5.82 Å². The monoisotopic (exact) mass is 405 g/mol. The zero-order valence-corrected chi connectivity index (χ0v) is 16.0. The van der Waals surface area contributed by atoms with E-state index in [1.165, 1.54) is 6.07 Å². The molecule has 1 aliphatic rings. The average Bonchev–Trinajstić information content (AvgIpc) is 3.38. The van der Waals surface area contributed by atoms with Crippen molar-refractivity contribution in [2.24, 2.45) is 0 Å². The molecule has 5 rings (SSSR count). The number of anilines is 4. The normalized spacial score (nSPS) is 16.1. The molecule has 1 aliphatic heterocycles. The van der Waals surface area contributed by atoms with Gasteiger partial charge < -0.3 is 25.0 Å². The van der Waals surface area contributed by atoms with Crippen molar-refractivity contribution in [3.05, 3.63) is 66.6 Å². The van der Waals surface area contributed by atoms with E-state index in [-0.39, 0.29) is 17.6 Å². The van der Waals surface area contributed by atoms with Crippen LogP contribution in [-0.2, 0) is 4.74 Å². The summed E-state index contributed by atoms with van der Waals surface area (Å²) in [4.78, 5) is 9.11. The molecule has 3 N–H and O–H groups in total. The third kappa shape index (κ3) is 3.53. The molecule has 3 heterocycles. The summed E-state index contributed by atoms with van der Waals surface area (Å²) in [5.74, 6) is 1.05. The first kappa shape index (κ1) is 18.4. The molecule has 1 atom stereocenters. The summed E-state index contributed by atoms with van der Waals surface area (Å²) in [6, 6.07) is 15.3. The molecule has 1 fully saturated rings. The van der Waals surface area contributed by atoms with Crippen molar-refractivity contribution < 1.29 is 14.2 Å². The highest BCUT2D eigenvalue weighted by atomic mass is 19.1. The number of benzene rings is 2. The molecule has 4 aromatic rings. The quantitative estimate of drug-likeness (QED) is 0.417. The van der Waals surface area contributed by atoms with Crippen molar-refractivity contribution >= 4 is 34.2 Å². The standard InChI is InChI=1S/C22H20FN5O2/c23-17-3-1-2-4-18(17)26-22-27-19-12-24-21(25-14-5-7-16(29)8-6-14)11-20(19)28(22)15-9-10-30-13-15/h1-8,11-12,15,29H,9-10,13H2,(H,24,25)(H,26,27)/t15-/m0/s1. The number of nitrogens with zero attached hydrogens (tertiary/aromatic N) is 3. The van der Waals surface area contributed by atoms with E-state index in [9.17, 15) is 9.50 Å². The number of rotatable bonds is 5. The molecule has 0 saturated carbocycles. The Labute approximate surface area is 172 Å². The molecule has 8 heteroatoms. The highest BCUT2D eigenvalue weighted by molar-refractivity contribution is 5.82. The highest BCUT2D eigenvalue weighted by Gasteiger charge is 2.24. The minimum absolute atomic E-state index is 0.0909. The number of phenolic OH excluding ortho intramolecular Hbond substituents is 1. The van der Waals surface area contributed by atoms with E-state index in [0.717, 1.165) is 17.6 Å².